The average Bonchev–Trinajstić information content (AvgIpc) is 3.08. The molecule has 0 aromatic heterocycles. The van der Waals surface area contributed by atoms with Gasteiger partial charge in [0.15, 0.2) is 6.10 Å². The van der Waals surface area contributed by atoms with E-state index in [1.54, 1.807) is 30.3 Å². The third-order valence-corrected chi connectivity index (χ3v) is 5.15. The summed E-state index contributed by atoms with van der Waals surface area (Å²) in [6.45, 7) is 1.45. The van der Waals surface area contributed by atoms with Crippen molar-refractivity contribution >= 4 is 34.9 Å². The number of hydrogen-bond donors (Lipinski definition) is 0. The molecule has 0 fully saturated rings. The van der Waals surface area contributed by atoms with Gasteiger partial charge in [-0.25, -0.2) is 9.69 Å². The van der Waals surface area contributed by atoms with Crippen LogP contribution in [-0.2, 0) is 4.74 Å². The lowest BCUT2D eigenvalue weighted by Gasteiger charge is -2.13. The molecule has 0 saturated heterocycles. The van der Waals surface area contributed by atoms with Gasteiger partial charge in [-0.05, 0) is 37.3 Å². The van der Waals surface area contributed by atoms with E-state index in [-0.39, 0.29) is 33.8 Å². The van der Waals surface area contributed by atoms with Crippen molar-refractivity contribution in [2.75, 3.05) is 4.90 Å². The number of ether oxygens (including phenoxy) is 1. The molecule has 1 aliphatic rings. The van der Waals surface area contributed by atoms with E-state index in [1.807, 2.05) is 0 Å². The molecule has 164 valence electrons. The van der Waals surface area contributed by atoms with Gasteiger partial charge in [0.1, 0.15) is 0 Å². The molecule has 0 saturated carbocycles. The highest BCUT2D eigenvalue weighted by Crippen LogP contribution is 2.30. The lowest BCUT2D eigenvalue weighted by atomic mass is 10.1. The molecular weight excluding hydrogens is 428 g/mol. The van der Waals surface area contributed by atoms with Crippen LogP contribution in [0.5, 0.6) is 0 Å². The monoisotopic (exact) mass is 444 g/mol. The maximum Gasteiger partial charge on any atom is 0.338 e. The van der Waals surface area contributed by atoms with Crippen LogP contribution in [-0.4, -0.2) is 34.6 Å². The topological polar surface area (TPSA) is 124 Å². The number of benzene rings is 3. The summed E-state index contributed by atoms with van der Waals surface area (Å²) in [4.78, 5) is 61.8. The second kappa shape index (κ2) is 8.46. The summed E-state index contributed by atoms with van der Waals surface area (Å²) in [7, 11) is 0. The SMILES string of the molecule is C[C@H](OC(=O)c1ccc2c(c1)C(=O)N(c1ccc([N+](=O)[O-])cc1)C2=O)C(=O)c1ccccc1. The first-order valence-corrected chi connectivity index (χ1v) is 9.85. The van der Waals surface area contributed by atoms with E-state index in [0.717, 1.165) is 4.90 Å². The van der Waals surface area contributed by atoms with Crippen LogP contribution >= 0.6 is 0 Å². The first kappa shape index (κ1) is 21.6. The maximum absolute atomic E-state index is 12.9. The summed E-state index contributed by atoms with van der Waals surface area (Å²) in [5.41, 5.74) is 0.468. The number of nitro benzene ring substituents is 1. The molecule has 3 aromatic carbocycles. The Morgan fingerprint density at radius 3 is 2.15 bits per heavy atom. The van der Waals surface area contributed by atoms with Crippen LogP contribution in [0.15, 0.2) is 72.8 Å². The lowest BCUT2D eigenvalue weighted by Crippen LogP contribution is -2.29. The molecule has 1 atom stereocenters. The van der Waals surface area contributed by atoms with Crippen molar-refractivity contribution in [3.05, 3.63) is 105 Å². The van der Waals surface area contributed by atoms with Crippen LogP contribution in [0.2, 0.25) is 0 Å². The van der Waals surface area contributed by atoms with E-state index >= 15 is 0 Å². The standard InChI is InChI=1S/C24H16N2O7/c1-14(21(27)15-5-3-2-4-6-15)33-24(30)16-7-12-19-20(13-16)23(29)25(22(19)28)17-8-10-18(11-9-17)26(31)32/h2-14H,1H3/t14-/m0/s1. The zero-order chi connectivity index (χ0) is 23.7. The van der Waals surface area contributed by atoms with E-state index in [0.29, 0.717) is 5.56 Å². The molecule has 3 aromatic rings. The number of carbonyl (C=O) groups is 4. The van der Waals surface area contributed by atoms with E-state index in [9.17, 15) is 29.3 Å². The summed E-state index contributed by atoms with van der Waals surface area (Å²) in [6.07, 6.45) is -1.05. The Morgan fingerprint density at radius 2 is 1.52 bits per heavy atom. The van der Waals surface area contributed by atoms with Gasteiger partial charge in [0.2, 0.25) is 5.78 Å². The van der Waals surface area contributed by atoms with Crippen LogP contribution in [0.1, 0.15) is 48.4 Å². The van der Waals surface area contributed by atoms with Gasteiger partial charge in [-0.2, -0.15) is 0 Å². The number of esters is 1. The van der Waals surface area contributed by atoms with Gasteiger partial charge in [0, 0.05) is 17.7 Å². The molecule has 0 unspecified atom stereocenters. The van der Waals surface area contributed by atoms with Crippen molar-refractivity contribution in [1.82, 2.24) is 0 Å². The maximum atomic E-state index is 12.9. The van der Waals surface area contributed by atoms with Gasteiger partial charge in [-0.3, -0.25) is 24.5 Å². The molecule has 0 N–H and O–H groups in total. The zero-order valence-electron chi connectivity index (χ0n) is 17.3. The number of ketones is 1. The second-order valence-electron chi connectivity index (χ2n) is 7.26. The molecule has 0 aliphatic carbocycles. The number of anilines is 1. The number of nitro groups is 1. The number of amides is 2. The van der Waals surface area contributed by atoms with E-state index in [1.165, 1.54) is 49.4 Å². The number of hydrogen-bond acceptors (Lipinski definition) is 7. The highest BCUT2D eigenvalue weighted by Gasteiger charge is 2.37. The van der Waals surface area contributed by atoms with E-state index in [4.69, 9.17) is 4.74 Å². The van der Waals surface area contributed by atoms with Gasteiger partial charge in [0.05, 0.1) is 27.3 Å². The summed E-state index contributed by atoms with van der Waals surface area (Å²) in [5, 5.41) is 10.8. The van der Waals surface area contributed by atoms with Crippen LogP contribution in [0.4, 0.5) is 11.4 Å². The van der Waals surface area contributed by atoms with Gasteiger partial charge in [-0.1, -0.05) is 30.3 Å². The minimum absolute atomic E-state index is 0.00478. The van der Waals surface area contributed by atoms with Gasteiger partial charge in [0.25, 0.3) is 17.5 Å². The van der Waals surface area contributed by atoms with Crippen molar-refractivity contribution in [3.63, 3.8) is 0 Å². The van der Waals surface area contributed by atoms with Crippen molar-refractivity contribution in [3.8, 4) is 0 Å². The number of carbonyl (C=O) groups excluding carboxylic acids is 4. The predicted molar refractivity (Wildman–Crippen MR) is 116 cm³/mol. The first-order chi connectivity index (χ1) is 15.8. The number of imide groups is 1. The quantitative estimate of drug-likeness (QED) is 0.186. The zero-order valence-corrected chi connectivity index (χ0v) is 17.3. The predicted octanol–water partition coefficient (Wildman–Crippen LogP) is 3.82. The van der Waals surface area contributed by atoms with E-state index < -0.39 is 28.8 Å². The highest BCUT2D eigenvalue weighted by atomic mass is 16.6. The molecule has 33 heavy (non-hydrogen) atoms. The van der Waals surface area contributed by atoms with Crippen molar-refractivity contribution < 1.29 is 28.8 Å². The summed E-state index contributed by atoms with van der Waals surface area (Å²) >= 11 is 0. The largest absolute Gasteiger partial charge is 0.451 e. The fourth-order valence-corrected chi connectivity index (χ4v) is 3.44. The summed E-state index contributed by atoms with van der Waals surface area (Å²) in [6, 6.07) is 17.3. The molecule has 9 nitrogen and oxygen atoms in total. The first-order valence-electron chi connectivity index (χ1n) is 9.85. The second-order valence-corrected chi connectivity index (χ2v) is 7.26. The summed E-state index contributed by atoms with van der Waals surface area (Å²) < 4.78 is 5.26. The number of non-ortho nitro benzene ring substituents is 1. The number of rotatable bonds is 6. The Bertz CT molecular complexity index is 1300. The van der Waals surface area contributed by atoms with Crippen molar-refractivity contribution in [2.24, 2.45) is 0 Å². The minimum Gasteiger partial charge on any atom is -0.451 e. The minimum atomic E-state index is -1.05. The Kier molecular flexibility index (Phi) is 5.53. The number of fused-ring (bicyclic) bond motifs is 1. The third-order valence-electron chi connectivity index (χ3n) is 5.15. The Morgan fingerprint density at radius 1 is 0.879 bits per heavy atom. The van der Waals surface area contributed by atoms with E-state index in [2.05, 4.69) is 0 Å². The molecule has 2 amide bonds. The normalized spacial score (nSPS) is 13.4. The molecule has 0 bridgehead atoms. The molecule has 1 aliphatic heterocycles. The van der Waals surface area contributed by atoms with Crippen LogP contribution in [0, 0.1) is 10.1 Å². The van der Waals surface area contributed by atoms with Crippen molar-refractivity contribution in [1.29, 1.82) is 0 Å². The Labute approximate surface area is 187 Å². The highest BCUT2D eigenvalue weighted by molar-refractivity contribution is 6.34. The van der Waals surface area contributed by atoms with Gasteiger partial charge < -0.3 is 4.74 Å². The smallest absolute Gasteiger partial charge is 0.338 e. The van der Waals surface area contributed by atoms with Crippen LogP contribution < -0.4 is 4.90 Å². The summed E-state index contributed by atoms with van der Waals surface area (Å²) in [5.74, 6) is -2.48. The molecule has 9 heteroatoms. The molecule has 4 rings (SSSR count). The van der Waals surface area contributed by atoms with Gasteiger partial charge in [-0.15, -0.1) is 0 Å². The van der Waals surface area contributed by atoms with Gasteiger partial charge >= 0.3 is 5.97 Å². The number of nitrogens with zero attached hydrogens (tertiary/aromatic N) is 2. The fraction of sp³-hybridized carbons (Fsp3) is 0.0833. The van der Waals surface area contributed by atoms with Crippen LogP contribution in [0.25, 0.3) is 0 Å². The Hall–Kier alpha value is -4.66. The average molecular weight is 444 g/mol. The molecule has 0 spiro atoms. The number of Topliss-reactive ketones (excluding diaryl/α,β-unsaturated/α-hetero) is 1. The Balaban J connectivity index is 1.54. The van der Waals surface area contributed by atoms with Crippen molar-refractivity contribution in [2.45, 2.75) is 13.0 Å². The van der Waals surface area contributed by atoms with Crippen LogP contribution in [0.3, 0.4) is 0 Å². The third kappa shape index (κ3) is 3.99. The molecule has 1 heterocycles. The fourth-order valence-electron chi connectivity index (χ4n) is 3.44. The molecular formula is C24H16N2O7. The lowest BCUT2D eigenvalue weighted by molar-refractivity contribution is -0.384. The molecule has 0 radical (unpaired) electrons.